The Morgan fingerprint density at radius 3 is 2.79 bits per heavy atom. The lowest BCUT2D eigenvalue weighted by molar-refractivity contribution is -0.384. The highest BCUT2D eigenvalue weighted by Crippen LogP contribution is 2.24. The number of H-pyrrole nitrogens is 1. The van der Waals surface area contributed by atoms with Crippen molar-refractivity contribution in [1.29, 1.82) is 0 Å². The predicted octanol–water partition coefficient (Wildman–Crippen LogP) is 2.19. The van der Waals surface area contributed by atoms with Crippen molar-refractivity contribution in [3.8, 4) is 5.88 Å². The molecule has 4 rings (SSSR count). The molecular weight excluding hydrogens is 364 g/mol. The van der Waals surface area contributed by atoms with Crippen LogP contribution in [0.2, 0.25) is 0 Å². The second-order valence-electron chi connectivity index (χ2n) is 6.02. The van der Waals surface area contributed by atoms with Crippen molar-refractivity contribution >= 4 is 22.8 Å². The van der Waals surface area contributed by atoms with Gasteiger partial charge >= 0.3 is 0 Å². The summed E-state index contributed by atoms with van der Waals surface area (Å²) in [5.74, 6) is 0.965. The van der Waals surface area contributed by atoms with E-state index in [0.29, 0.717) is 29.5 Å². The number of imidazole rings is 1. The highest BCUT2D eigenvalue weighted by Gasteiger charge is 2.15. The Bertz CT molecular complexity index is 1110. The highest BCUT2D eigenvalue weighted by atomic mass is 16.6. The number of rotatable bonds is 7. The Morgan fingerprint density at radius 2 is 2.07 bits per heavy atom. The Labute approximate surface area is 158 Å². The van der Waals surface area contributed by atoms with Gasteiger partial charge in [0.2, 0.25) is 11.8 Å². The number of benzene rings is 1. The maximum atomic E-state index is 10.7. The van der Waals surface area contributed by atoms with Gasteiger partial charge in [-0.05, 0) is 17.7 Å². The molecule has 0 spiro atoms. The van der Waals surface area contributed by atoms with Crippen molar-refractivity contribution in [3.63, 3.8) is 0 Å². The van der Waals surface area contributed by atoms with E-state index in [0.717, 1.165) is 11.1 Å². The van der Waals surface area contributed by atoms with Crippen LogP contribution in [0.4, 0.5) is 11.6 Å². The highest BCUT2D eigenvalue weighted by molar-refractivity contribution is 5.79. The number of nitrogens with one attached hydrogen (secondary N) is 2. The summed E-state index contributed by atoms with van der Waals surface area (Å²) in [6.45, 7) is 0.762. The fraction of sp³-hybridized carbons (Fsp3) is 0.176. The Kier molecular flexibility index (Phi) is 4.54. The molecule has 0 atom stereocenters. The lowest BCUT2D eigenvalue weighted by Crippen LogP contribution is -2.04. The van der Waals surface area contributed by atoms with Gasteiger partial charge in [-0.1, -0.05) is 0 Å². The van der Waals surface area contributed by atoms with E-state index in [1.807, 2.05) is 11.6 Å². The molecule has 0 saturated heterocycles. The maximum absolute atomic E-state index is 10.7. The molecule has 11 nitrogen and oxygen atoms in total. The van der Waals surface area contributed by atoms with Gasteiger partial charge in [0, 0.05) is 37.5 Å². The third-order valence-electron chi connectivity index (χ3n) is 4.15. The molecule has 0 saturated carbocycles. The first kappa shape index (κ1) is 17.4. The van der Waals surface area contributed by atoms with E-state index in [1.165, 1.54) is 18.5 Å². The minimum atomic E-state index is -0.440. The lowest BCUT2D eigenvalue weighted by Gasteiger charge is -2.05. The summed E-state index contributed by atoms with van der Waals surface area (Å²) in [5, 5.41) is 20.6. The topological polar surface area (TPSA) is 137 Å². The van der Waals surface area contributed by atoms with Crippen LogP contribution in [0.5, 0.6) is 5.88 Å². The number of ether oxygens (including phenoxy) is 1. The van der Waals surface area contributed by atoms with Gasteiger partial charge in [0.25, 0.3) is 5.69 Å². The molecule has 0 unspecified atom stereocenters. The molecule has 0 aliphatic heterocycles. The average Bonchev–Trinajstić information content (AvgIpc) is 3.33. The van der Waals surface area contributed by atoms with Crippen LogP contribution in [-0.2, 0) is 20.2 Å². The standard InChI is InChI=1S/C17H16N8O3/c1-24-15-14(23-17(24)18-6-12-7-21-22-8-12)16(20-10-19-15)28-9-11-2-4-13(5-3-11)25(26)27/h2-5,7-8,10H,6,9H2,1H3,(H,18,23)(H,21,22). The fourth-order valence-electron chi connectivity index (χ4n) is 2.66. The van der Waals surface area contributed by atoms with Crippen molar-refractivity contribution in [3.05, 3.63) is 64.2 Å². The number of nitrogens with zero attached hydrogens (tertiary/aromatic N) is 6. The zero-order chi connectivity index (χ0) is 19.5. The summed E-state index contributed by atoms with van der Waals surface area (Å²) < 4.78 is 7.60. The third-order valence-corrected chi connectivity index (χ3v) is 4.15. The van der Waals surface area contributed by atoms with Gasteiger partial charge in [-0.15, -0.1) is 0 Å². The van der Waals surface area contributed by atoms with E-state index < -0.39 is 4.92 Å². The lowest BCUT2D eigenvalue weighted by atomic mass is 10.2. The molecule has 11 heteroatoms. The number of aromatic amines is 1. The summed E-state index contributed by atoms with van der Waals surface area (Å²) in [7, 11) is 1.85. The molecule has 1 aromatic carbocycles. The first-order chi connectivity index (χ1) is 13.6. The van der Waals surface area contributed by atoms with E-state index in [-0.39, 0.29) is 12.3 Å². The second-order valence-corrected chi connectivity index (χ2v) is 6.02. The van der Waals surface area contributed by atoms with Gasteiger partial charge in [0.15, 0.2) is 11.2 Å². The van der Waals surface area contributed by atoms with Gasteiger partial charge in [-0.2, -0.15) is 10.1 Å². The van der Waals surface area contributed by atoms with Crippen molar-refractivity contribution in [2.45, 2.75) is 13.2 Å². The smallest absolute Gasteiger partial charge is 0.269 e. The van der Waals surface area contributed by atoms with Crippen molar-refractivity contribution < 1.29 is 9.66 Å². The average molecular weight is 380 g/mol. The number of hydrogen-bond acceptors (Lipinski definition) is 8. The molecule has 3 aromatic heterocycles. The van der Waals surface area contributed by atoms with Gasteiger partial charge in [0.05, 0.1) is 11.1 Å². The minimum absolute atomic E-state index is 0.0336. The van der Waals surface area contributed by atoms with Crippen LogP contribution in [0.15, 0.2) is 43.0 Å². The van der Waals surface area contributed by atoms with Gasteiger partial charge in [-0.3, -0.25) is 19.8 Å². The van der Waals surface area contributed by atoms with E-state index in [1.54, 1.807) is 24.5 Å². The normalized spacial score (nSPS) is 10.9. The molecule has 4 aromatic rings. The van der Waals surface area contributed by atoms with E-state index in [4.69, 9.17) is 4.74 Å². The summed E-state index contributed by atoms with van der Waals surface area (Å²) >= 11 is 0. The summed E-state index contributed by atoms with van der Waals surface area (Å²) in [4.78, 5) is 23.3. The van der Waals surface area contributed by atoms with Crippen LogP contribution in [-0.4, -0.2) is 34.6 Å². The van der Waals surface area contributed by atoms with E-state index in [9.17, 15) is 10.1 Å². The summed E-state index contributed by atoms with van der Waals surface area (Å²) in [6, 6.07) is 6.17. The monoisotopic (exact) mass is 380 g/mol. The number of aromatic nitrogens is 6. The van der Waals surface area contributed by atoms with Gasteiger partial charge in [0.1, 0.15) is 12.9 Å². The first-order valence-electron chi connectivity index (χ1n) is 8.37. The molecule has 0 radical (unpaired) electrons. The fourth-order valence-corrected chi connectivity index (χ4v) is 2.66. The van der Waals surface area contributed by atoms with Crippen molar-refractivity contribution in [2.75, 3.05) is 5.32 Å². The van der Waals surface area contributed by atoms with Crippen LogP contribution in [0.1, 0.15) is 11.1 Å². The largest absolute Gasteiger partial charge is 0.471 e. The zero-order valence-corrected chi connectivity index (χ0v) is 14.9. The number of non-ortho nitro benzene ring substituents is 1. The van der Waals surface area contributed by atoms with E-state index in [2.05, 4.69) is 30.5 Å². The molecule has 2 N–H and O–H groups in total. The number of fused-ring (bicyclic) bond motifs is 1. The van der Waals surface area contributed by atoms with Crippen LogP contribution in [0.25, 0.3) is 11.2 Å². The molecule has 0 fully saturated rings. The molecule has 0 bridgehead atoms. The predicted molar refractivity (Wildman–Crippen MR) is 99.6 cm³/mol. The molecule has 0 amide bonds. The number of aryl methyl sites for hydroxylation is 1. The number of nitro benzene ring substituents is 1. The molecule has 3 heterocycles. The Hall–Kier alpha value is -4.02. The zero-order valence-electron chi connectivity index (χ0n) is 14.9. The quantitative estimate of drug-likeness (QED) is 0.368. The minimum Gasteiger partial charge on any atom is -0.471 e. The van der Waals surface area contributed by atoms with Crippen LogP contribution in [0, 0.1) is 10.1 Å². The van der Waals surface area contributed by atoms with Crippen LogP contribution in [0.3, 0.4) is 0 Å². The van der Waals surface area contributed by atoms with Crippen LogP contribution < -0.4 is 10.1 Å². The van der Waals surface area contributed by atoms with Gasteiger partial charge < -0.3 is 10.1 Å². The van der Waals surface area contributed by atoms with Crippen molar-refractivity contribution in [1.82, 2.24) is 29.7 Å². The first-order valence-corrected chi connectivity index (χ1v) is 8.37. The van der Waals surface area contributed by atoms with E-state index >= 15 is 0 Å². The molecule has 0 aliphatic rings. The molecular formula is C17H16N8O3. The summed E-state index contributed by atoms with van der Waals surface area (Å²) in [5.41, 5.74) is 2.97. The molecule has 142 valence electrons. The van der Waals surface area contributed by atoms with Gasteiger partial charge in [-0.25, -0.2) is 9.97 Å². The SMILES string of the molecule is Cn1c(NCc2cn[nH]c2)nc2c(OCc3ccc([N+](=O)[O-])cc3)ncnc21. The Morgan fingerprint density at radius 1 is 1.25 bits per heavy atom. The summed E-state index contributed by atoms with van der Waals surface area (Å²) in [6.07, 6.45) is 4.94. The third kappa shape index (κ3) is 3.45. The number of anilines is 1. The maximum Gasteiger partial charge on any atom is 0.269 e. The Balaban J connectivity index is 1.52. The second kappa shape index (κ2) is 7.31. The van der Waals surface area contributed by atoms with Crippen LogP contribution >= 0.6 is 0 Å². The molecule has 28 heavy (non-hydrogen) atoms. The van der Waals surface area contributed by atoms with Crippen molar-refractivity contribution in [2.24, 2.45) is 7.05 Å². The molecule has 0 aliphatic carbocycles. The number of nitro groups is 1. The number of hydrogen-bond donors (Lipinski definition) is 2.